The molecule has 328 valence electrons. The lowest BCUT2D eigenvalue weighted by molar-refractivity contribution is 0.403. The number of aryl methyl sites for hydroxylation is 2. The topological polar surface area (TPSA) is 22.9 Å². The van der Waals surface area contributed by atoms with Gasteiger partial charge in [0.15, 0.2) is 0 Å². The predicted octanol–water partition coefficient (Wildman–Crippen LogP) is 15.4. The highest BCUT2D eigenvalue weighted by atomic mass is 16.3. The van der Waals surface area contributed by atoms with E-state index in [1.807, 2.05) is 0 Å². The normalized spacial score (nSPS) is 15.0. The summed E-state index contributed by atoms with van der Waals surface area (Å²) in [7, 11) is 0. The van der Waals surface area contributed by atoms with Crippen LogP contribution in [0.15, 0.2) is 199 Å². The molecule has 4 nitrogen and oxygen atoms in total. The Morgan fingerprint density at radius 1 is 0.456 bits per heavy atom. The van der Waals surface area contributed by atoms with E-state index >= 15 is 0 Å². The molecule has 0 amide bonds. The van der Waals surface area contributed by atoms with E-state index in [0.717, 1.165) is 56.8 Å². The number of fused-ring (bicyclic) bond motifs is 8. The van der Waals surface area contributed by atoms with Crippen molar-refractivity contribution in [1.82, 2.24) is 0 Å². The molecule has 3 heterocycles. The van der Waals surface area contributed by atoms with Crippen molar-refractivity contribution in [1.29, 1.82) is 0 Å². The van der Waals surface area contributed by atoms with E-state index in [-0.39, 0.29) is 17.5 Å². The first-order valence-corrected chi connectivity index (χ1v) is 24.1. The van der Waals surface area contributed by atoms with Crippen molar-refractivity contribution in [3.63, 3.8) is 0 Å². The van der Waals surface area contributed by atoms with Crippen LogP contribution in [0.1, 0.15) is 56.4 Å². The minimum absolute atomic E-state index is 0.00939. The summed E-state index contributed by atoms with van der Waals surface area (Å²) in [4.78, 5) is 7.58. The van der Waals surface area contributed by atoms with Crippen LogP contribution in [0.25, 0.3) is 33.1 Å². The molecule has 5 heteroatoms. The molecule has 1 aromatic heterocycles. The van der Waals surface area contributed by atoms with Crippen LogP contribution < -0.4 is 31.1 Å². The summed E-state index contributed by atoms with van der Waals surface area (Å²) in [5, 5.41) is 2.22. The molecule has 10 aromatic rings. The van der Waals surface area contributed by atoms with Gasteiger partial charge in [0.05, 0.1) is 11.1 Å². The first-order chi connectivity index (χ1) is 33.0. The van der Waals surface area contributed by atoms with Crippen LogP contribution in [0.2, 0.25) is 0 Å². The van der Waals surface area contributed by atoms with E-state index < -0.39 is 0 Å². The maximum Gasteiger partial charge on any atom is 0.252 e. The van der Waals surface area contributed by atoms with Crippen molar-refractivity contribution in [2.75, 3.05) is 14.7 Å². The Morgan fingerprint density at radius 3 is 1.76 bits per heavy atom. The molecule has 68 heavy (non-hydrogen) atoms. The number of para-hydroxylation sites is 3. The van der Waals surface area contributed by atoms with Crippen LogP contribution in [0.3, 0.4) is 0 Å². The van der Waals surface area contributed by atoms with Crippen molar-refractivity contribution in [2.24, 2.45) is 0 Å². The van der Waals surface area contributed by atoms with Gasteiger partial charge in [0.2, 0.25) is 0 Å². The summed E-state index contributed by atoms with van der Waals surface area (Å²) in [6, 6.07) is 71.7. The number of furan rings is 1. The lowest BCUT2D eigenvalue weighted by atomic mass is 9.33. The number of rotatable bonds is 6. The van der Waals surface area contributed by atoms with Crippen LogP contribution in [-0.2, 0) is 10.8 Å². The Kier molecular flexibility index (Phi) is 8.86. The molecular weight excluding hydrogens is 826 g/mol. The third kappa shape index (κ3) is 6.08. The Hall–Kier alpha value is -7.76. The number of nitrogens with zero attached hydrogens (tertiary/aromatic N) is 3. The first kappa shape index (κ1) is 40.5. The molecule has 0 unspecified atom stereocenters. The minimum atomic E-state index is -0.0447. The zero-order chi connectivity index (χ0) is 46.1. The maximum atomic E-state index is 6.66. The third-order valence-corrected chi connectivity index (χ3v) is 15.1. The molecule has 1 aliphatic carbocycles. The number of hydrogen-bond donors (Lipinski definition) is 0. The summed E-state index contributed by atoms with van der Waals surface area (Å²) < 4.78 is 6.66. The van der Waals surface area contributed by atoms with Gasteiger partial charge >= 0.3 is 0 Å². The van der Waals surface area contributed by atoms with Crippen molar-refractivity contribution < 1.29 is 4.42 Å². The average Bonchev–Trinajstić information content (AvgIpc) is 3.82. The first-order valence-electron chi connectivity index (χ1n) is 24.1. The van der Waals surface area contributed by atoms with Gasteiger partial charge in [-0.1, -0.05) is 143 Å². The van der Waals surface area contributed by atoms with E-state index in [4.69, 9.17) is 4.42 Å². The summed E-state index contributed by atoms with van der Waals surface area (Å²) in [5.74, 6) is 0. The second kappa shape index (κ2) is 14.9. The molecule has 0 bridgehead atoms. The zero-order valence-corrected chi connectivity index (χ0v) is 39.5. The van der Waals surface area contributed by atoms with Gasteiger partial charge in [0.25, 0.3) is 6.71 Å². The molecular formula is C63H52BN3O. The number of hydrogen-bond acceptors (Lipinski definition) is 4. The summed E-state index contributed by atoms with van der Waals surface area (Å²) in [5.41, 5.74) is 23.9. The molecule has 13 rings (SSSR count). The lowest BCUT2D eigenvalue weighted by Crippen LogP contribution is -2.61. The van der Waals surface area contributed by atoms with E-state index in [9.17, 15) is 0 Å². The van der Waals surface area contributed by atoms with Crippen LogP contribution in [0.5, 0.6) is 0 Å². The quantitative estimate of drug-likeness (QED) is 0.155. The van der Waals surface area contributed by atoms with E-state index in [1.165, 1.54) is 72.5 Å². The van der Waals surface area contributed by atoms with Crippen LogP contribution >= 0.6 is 0 Å². The van der Waals surface area contributed by atoms with Crippen molar-refractivity contribution in [3.8, 4) is 11.1 Å². The highest BCUT2D eigenvalue weighted by molar-refractivity contribution is 7.00. The molecule has 0 radical (unpaired) electrons. The summed E-state index contributed by atoms with van der Waals surface area (Å²) in [6.07, 6.45) is 1.09. The van der Waals surface area contributed by atoms with Gasteiger partial charge in [-0.05, 0) is 160 Å². The van der Waals surface area contributed by atoms with Gasteiger partial charge in [0, 0.05) is 50.9 Å². The standard InChI is InChI=1S/C63H52BN3O/c1-40-33-56-61-57(34-40)67(53-35-43(30-29-41(53)2)42-19-10-7-11-20-42)55-38-49-48(62(3,4)39-63(49,5)6)37-51(55)64(61)50-32-31-46(65(44-21-12-8-13-22-44)45-23-14-9-15-24-45)36-54(50)66(56)52-26-18-28-59-60(52)47-25-16-17-27-58(47)68-59/h7-38H,39H2,1-6H3. The second-order valence-electron chi connectivity index (χ2n) is 20.6. The third-order valence-electron chi connectivity index (χ3n) is 15.1. The van der Waals surface area contributed by atoms with Crippen molar-refractivity contribution in [3.05, 3.63) is 216 Å². The second-order valence-corrected chi connectivity index (χ2v) is 20.6. The van der Waals surface area contributed by atoms with E-state index in [2.05, 4.69) is 250 Å². The fraction of sp³-hybridized carbons (Fsp3) is 0.143. The largest absolute Gasteiger partial charge is 0.456 e. The molecule has 0 saturated carbocycles. The van der Waals surface area contributed by atoms with Crippen LogP contribution in [0.4, 0.5) is 51.2 Å². The fourth-order valence-electron chi connectivity index (χ4n) is 12.4. The highest BCUT2D eigenvalue weighted by Crippen LogP contribution is 2.54. The van der Waals surface area contributed by atoms with Crippen LogP contribution in [-0.4, -0.2) is 6.71 Å². The SMILES string of the molecule is Cc1cc2c3c(c1)N(c1cccc4oc5ccccc5c14)c1cc(N(c4ccccc4)c4ccccc4)ccc1B3c1cc3c(cc1N2c1cc(-c2ccccc2)ccc1C)C(C)(C)CC3(C)C. The average molecular weight is 878 g/mol. The Morgan fingerprint density at radius 2 is 1.06 bits per heavy atom. The molecule has 2 aliphatic heterocycles. The number of anilines is 9. The lowest BCUT2D eigenvalue weighted by Gasteiger charge is -2.45. The van der Waals surface area contributed by atoms with Gasteiger partial charge < -0.3 is 19.1 Å². The highest BCUT2D eigenvalue weighted by Gasteiger charge is 2.48. The summed E-state index contributed by atoms with van der Waals surface area (Å²) in [6.45, 7) is 14.3. The Balaban J connectivity index is 1.15. The summed E-state index contributed by atoms with van der Waals surface area (Å²) >= 11 is 0. The van der Waals surface area contributed by atoms with Gasteiger partial charge in [-0.15, -0.1) is 0 Å². The van der Waals surface area contributed by atoms with Crippen LogP contribution in [0, 0.1) is 13.8 Å². The van der Waals surface area contributed by atoms with E-state index in [0.29, 0.717) is 0 Å². The van der Waals surface area contributed by atoms with Gasteiger partial charge in [-0.25, -0.2) is 0 Å². The Labute approximate surface area is 399 Å². The molecule has 0 fully saturated rings. The van der Waals surface area contributed by atoms with Gasteiger partial charge in [-0.2, -0.15) is 0 Å². The predicted molar refractivity (Wildman–Crippen MR) is 288 cm³/mol. The monoisotopic (exact) mass is 877 g/mol. The molecule has 3 aliphatic rings. The molecule has 0 saturated heterocycles. The van der Waals surface area contributed by atoms with Crippen molar-refractivity contribution in [2.45, 2.75) is 58.8 Å². The van der Waals surface area contributed by atoms with Crippen molar-refractivity contribution >= 4 is 96.2 Å². The molecule has 0 N–H and O–H groups in total. The maximum absolute atomic E-state index is 6.66. The minimum Gasteiger partial charge on any atom is -0.456 e. The zero-order valence-electron chi connectivity index (χ0n) is 39.5. The smallest absolute Gasteiger partial charge is 0.252 e. The molecule has 0 atom stereocenters. The fourth-order valence-corrected chi connectivity index (χ4v) is 12.4. The van der Waals surface area contributed by atoms with Gasteiger partial charge in [0.1, 0.15) is 11.2 Å². The number of benzene rings is 9. The molecule has 0 spiro atoms. The van der Waals surface area contributed by atoms with Gasteiger partial charge in [-0.3, -0.25) is 0 Å². The molecule has 9 aromatic carbocycles. The Bertz CT molecular complexity index is 3610. The van der Waals surface area contributed by atoms with E-state index in [1.54, 1.807) is 0 Å².